The molecule has 4 rings (SSSR count). The smallest absolute Gasteiger partial charge is 0.237 e. The third-order valence-corrected chi connectivity index (χ3v) is 7.00. The number of rotatable bonds is 7. The molecule has 0 bridgehead atoms. The molecule has 35 heavy (non-hydrogen) atoms. The molecule has 1 aliphatic heterocycles. The number of aliphatic imine (C=N–C) groups is 2. The zero-order chi connectivity index (χ0) is 24.8. The Balaban J connectivity index is 1.70. The minimum Gasteiger partial charge on any atom is -0.393 e. The maximum Gasteiger partial charge on any atom is 0.237 e. The van der Waals surface area contributed by atoms with E-state index in [2.05, 4.69) is 67.1 Å². The highest BCUT2D eigenvalue weighted by molar-refractivity contribution is 5.91. The van der Waals surface area contributed by atoms with Crippen molar-refractivity contribution in [2.24, 2.45) is 9.98 Å². The van der Waals surface area contributed by atoms with Crippen LogP contribution in [0.3, 0.4) is 0 Å². The largest absolute Gasteiger partial charge is 0.393 e. The highest BCUT2D eigenvalue weighted by Crippen LogP contribution is 2.37. The van der Waals surface area contributed by atoms with Gasteiger partial charge in [-0.05, 0) is 70.0 Å². The average molecular weight is 482 g/mol. The minimum atomic E-state index is -0.202. The second-order valence-electron chi connectivity index (χ2n) is 9.58. The van der Waals surface area contributed by atoms with Crippen LogP contribution in [-0.4, -0.2) is 79.5 Å². The third kappa shape index (κ3) is 6.09. The van der Waals surface area contributed by atoms with E-state index in [1.807, 2.05) is 13.1 Å². The van der Waals surface area contributed by atoms with Crippen molar-refractivity contribution in [2.75, 3.05) is 50.2 Å². The number of hydrogen-bond acceptors (Lipinski definition) is 6. The van der Waals surface area contributed by atoms with Crippen molar-refractivity contribution in [3.8, 4) is 11.1 Å². The molecule has 0 amide bonds. The van der Waals surface area contributed by atoms with Crippen molar-refractivity contribution in [1.29, 1.82) is 0 Å². The van der Waals surface area contributed by atoms with Gasteiger partial charge in [0.05, 0.1) is 18.8 Å². The van der Waals surface area contributed by atoms with Crippen LogP contribution in [0.5, 0.6) is 0 Å². The van der Waals surface area contributed by atoms with E-state index in [1.54, 1.807) is 7.11 Å². The Kier molecular flexibility index (Phi) is 8.54. The van der Waals surface area contributed by atoms with Crippen molar-refractivity contribution in [3.63, 3.8) is 0 Å². The number of hydrogen-bond donors (Lipinski definition) is 3. The summed E-state index contributed by atoms with van der Waals surface area (Å²) >= 11 is 0. The number of nitrogens with zero attached hydrogens (tertiary/aromatic N) is 5. The number of aliphatic hydroxyl groups excluding tert-OH is 1. The Bertz CT molecular complexity index is 1020. The first kappa shape index (κ1) is 25.3. The number of ether oxygens (including phenoxy) is 1. The summed E-state index contributed by atoms with van der Waals surface area (Å²) < 4.78 is 7.34. The minimum absolute atomic E-state index is 0.0431. The third-order valence-electron chi connectivity index (χ3n) is 7.00. The normalized spacial score (nSPS) is 22.2. The van der Waals surface area contributed by atoms with Gasteiger partial charge in [0.25, 0.3) is 0 Å². The molecular formula is C26H39N7O2. The van der Waals surface area contributed by atoms with E-state index in [0.29, 0.717) is 18.5 Å². The molecule has 2 aliphatic rings. The maximum atomic E-state index is 10.1. The molecule has 9 heteroatoms. The quantitative estimate of drug-likeness (QED) is 0.415. The molecule has 190 valence electrons. The van der Waals surface area contributed by atoms with Crippen molar-refractivity contribution in [2.45, 2.75) is 57.6 Å². The van der Waals surface area contributed by atoms with Crippen molar-refractivity contribution in [3.05, 3.63) is 35.8 Å². The molecule has 0 spiro atoms. The number of anilines is 1. The first-order valence-corrected chi connectivity index (χ1v) is 12.6. The van der Waals surface area contributed by atoms with Gasteiger partial charge in [-0.1, -0.05) is 0 Å². The van der Waals surface area contributed by atoms with Crippen LogP contribution in [0.4, 0.5) is 5.82 Å². The second-order valence-corrected chi connectivity index (χ2v) is 9.58. The predicted molar refractivity (Wildman–Crippen MR) is 142 cm³/mol. The summed E-state index contributed by atoms with van der Waals surface area (Å²) in [5.41, 5.74) is 7.98. The maximum absolute atomic E-state index is 10.1. The zero-order valence-electron chi connectivity index (χ0n) is 21.2. The van der Waals surface area contributed by atoms with Gasteiger partial charge in [-0.3, -0.25) is 10.1 Å². The number of aromatic nitrogens is 2. The number of methoxy groups -OCH3 is 1. The van der Waals surface area contributed by atoms with Gasteiger partial charge in [-0.2, -0.15) is 0 Å². The molecule has 3 heterocycles. The fraction of sp³-hybridized carbons (Fsp3) is 0.577. The number of guanidine groups is 1. The summed E-state index contributed by atoms with van der Waals surface area (Å²) in [5.74, 6) is 1.82. The summed E-state index contributed by atoms with van der Waals surface area (Å²) in [6.07, 6.45) is 5.23. The molecular weight excluding hydrogens is 442 g/mol. The number of aliphatic hydroxyl groups is 1. The second kappa shape index (κ2) is 11.8. The molecule has 0 aromatic carbocycles. The summed E-state index contributed by atoms with van der Waals surface area (Å²) in [5, 5.41) is 13.5. The lowest BCUT2D eigenvalue weighted by Gasteiger charge is -2.28. The van der Waals surface area contributed by atoms with Gasteiger partial charge < -0.3 is 20.1 Å². The van der Waals surface area contributed by atoms with Crippen LogP contribution < -0.4 is 15.6 Å². The van der Waals surface area contributed by atoms with E-state index in [0.717, 1.165) is 74.5 Å². The van der Waals surface area contributed by atoms with Gasteiger partial charge in [0.2, 0.25) is 5.96 Å². The average Bonchev–Trinajstić information content (AvgIpc) is 3.20. The van der Waals surface area contributed by atoms with Gasteiger partial charge in [0.1, 0.15) is 5.82 Å². The van der Waals surface area contributed by atoms with Crippen LogP contribution in [0.15, 0.2) is 34.4 Å². The highest BCUT2D eigenvalue weighted by atomic mass is 16.5. The Morgan fingerprint density at radius 3 is 2.71 bits per heavy atom. The van der Waals surface area contributed by atoms with Crippen LogP contribution in [0.25, 0.3) is 11.1 Å². The molecule has 1 saturated heterocycles. The van der Waals surface area contributed by atoms with E-state index in [-0.39, 0.29) is 12.1 Å². The van der Waals surface area contributed by atoms with E-state index in [4.69, 9.17) is 4.74 Å². The Morgan fingerprint density at radius 2 is 2.03 bits per heavy atom. The standard InChI is InChI=1S/C26H39N7O2/c1-18(17-35-4)30-26(27-3)31-33-19(2)23(16-24(33)20-5-7-22(34)8-6-20)21-9-10-29-25(15-21)32-13-11-28-12-14-32/h9-10,15-16,18,20,22,28,34H,3,5-8,11-14,17H2,1-2,4H3,(H,30,31)/t18-,20?,22?/m0/s1. The van der Waals surface area contributed by atoms with E-state index in [9.17, 15) is 5.11 Å². The van der Waals surface area contributed by atoms with Gasteiger partial charge >= 0.3 is 0 Å². The van der Waals surface area contributed by atoms with Crippen molar-refractivity contribution >= 4 is 18.5 Å². The van der Waals surface area contributed by atoms with Gasteiger partial charge in [0, 0.05) is 62.4 Å². The van der Waals surface area contributed by atoms with Gasteiger partial charge in [0.15, 0.2) is 0 Å². The topological polar surface area (TPSA) is 99.3 Å². The summed E-state index contributed by atoms with van der Waals surface area (Å²) in [4.78, 5) is 15.8. The Morgan fingerprint density at radius 1 is 1.29 bits per heavy atom. The van der Waals surface area contributed by atoms with Crippen LogP contribution >= 0.6 is 0 Å². The Hall–Kier alpha value is -2.75. The zero-order valence-corrected chi connectivity index (χ0v) is 21.2. The molecule has 1 saturated carbocycles. The summed E-state index contributed by atoms with van der Waals surface area (Å²) in [7, 11) is 1.67. The fourth-order valence-electron chi connectivity index (χ4n) is 5.09. The van der Waals surface area contributed by atoms with Crippen LogP contribution in [0, 0.1) is 6.92 Å². The number of pyridine rings is 1. The van der Waals surface area contributed by atoms with Gasteiger partial charge in [-0.25, -0.2) is 15.0 Å². The molecule has 9 nitrogen and oxygen atoms in total. The first-order valence-electron chi connectivity index (χ1n) is 12.6. The molecule has 1 aliphatic carbocycles. The van der Waals surface area contributed by atoms with E-state index in [1.165, 1.54) is 5.69 Å². The molecule has 2 fully saturated rings. The number of nitrogens with one attached hydrogen (secondary N) is 2. The van der Waals surface area contributed by atoms with Gasteiger partial charge in [-0.15, -0.1) is 0 Å². The van der Waals surface area contributed by atoms with Crippen molar-refractivity contribution < 1.29 is 9.84 Å². The summed E-state index contributed by atoms with van der Waals surface area (Å²) in [6.45, 7) is 12.2. The molecule has 2 aromatic rings. The summed E-state index contributed by atoms with van der Waals surface area (Å²) in [6, 6.07) is 6.50. The van der Waals surface area contributed by atoms with Crippen LogP contribution in [-0.2, 0) is 4.74 Å². The molecule has 1 atom stereocenters. The SMILES string of the molecule is C=NC(=N[C@@H](C)COC)Nn1c(C2CCC(O)CC2)cc(-c2ccnc(N3CCNCC3)c2)c1C. The van der Waals surface area contributed by atoms with Crippen LogP contribution in [0.2, 0.25) is 0 Å². The molecule has 3 N–H and O–H groups in total. The van der Waals surface area contributed by atoms with Crippen LogP contribution in [0.1, 0.15) is 49.9 Å². The lowest BCUT2D eigenvalue weighted by atomic mass is 9.85. The molecule has 2 aromatic heterocycles. The van der Waals surface area contributed by atoms with Crippen molar-refractivity contribution in [1.82, 2.24) is 15.0 Å². The van der Waals surface area contributed by atoms with E-state index < -0.39 is 0 Å². The van der Waals surface area contributed by atoms with E-state index >= 15 is 0 Å². The molecule has 0 unspecified atom stereocenters. The fourth-order valence-corrected chi connectivity index (χ4v) is 5.09. The number of piperazine rings is 1. The molecule has 0 radical (unpaired) electrons. The lowest BCUT2D eigenvalue weighted by Crippen LogP contribution is -2.43. The predicted octanol–water partition coefficient (Wildman–Crippen LogP) is 2.92. The lowest BCUT2D eigenvalue weighted by molar-refractivity contribution is 0.121. The monoisotopic (exact) mass is 481 g/mol. The Labute approximate surface area is 208 Å². The highest BCUT2D eigenvalue weighted by Gasteiger charge is 2.26. The first-order chi connectivity index (χ1) is 17.0.